The number of benzene rings is 1. The fraction of sp³-hybridized carbons (Fsp3) is 0.588. The number of nitrogens with zero attached hydrogens (tertiary/aromatic N) is 1. The highest BCUT2D eigenvalue weighted by Gasteiger charge is 2.42. The van der Waals surface area contributed by atoms with Crippen molar-refractivity contribution in [2.45, 2.75) is 49.8 Å². The van der Waals surface area contributed by atoms with Gasteiger partial charge in [0.1, 0.15) is 5.82 Å². The van der Waals surface area contributed by atoms with Crippen LogP contribution < -0.4 is 5.32 Å². The van der Waals surface area contributed by atoms with Crippen LogP contribution in [0.4, 0.5) is 9.18 Å². The molecule has 1 aromatic carbocycles. The van der Waals surface area contributed by atoms with Crippen molar-refractivity contribution in [1.29, 1.82) is 0 Å². The Bertz CT molecular complexity index is 545. The maximum atomic E-state index is 13.1. The Labute approximate surface area is 135 Å². The van der Waals surface area contributed by atoms with E-state index in [9.17, 15) is 19.4 Å². The number of aliphatic hydroxyl groups is 1. The summed E-state index contributed by atoms with van der Waals surface area (Å²) >= 11 is 0. The zero-order valence-electron chi connectivity index (χ0n) is 13.0. The number of halogens is 1. The van der Waals surface area contributed by atoms with Crippen LogP contribution in [0.25, 0.3) is 0 Å². The number of nitrogens with one attached hydrogen (secondary N) is 1. The van der Waals surface area contributed by atoms with Gasteiger partial charge in [0.25, 0.3) is 0 Å². The molecule has 2 aliphatic rings. The first-order valence-corrected chi connectivity index (χ1v) is 8.21. The minimum atomic E-state index is -0.970. The van der Waals surface area contributed by atoms with E-state index in [1.807, 2.05) is 0 Å². The fourth-order valence-corrected chi connectivity index (χ4v) is 3.94. The van der Waals surface area contributed by atoms with Crippen molar-refractivity contribution in [3.05, 3.63) is 35.6 Å². The molecule has 1 heterocycles. The van der Waals surface area contributed by atoms with Gasteiger partial charge in [0.2, 0.25) is 0 Å². The molecule has 23 heavy (non-hydrogen) atoms. The Kier molecular flexibility index (Phi) is 4.82. The third-order valence-corrected chi connectivity index (χ3v) is 5.08. The fourth-order valence-electron chi connectivity index (χ4n) is 3.94. The molecule has 1 aliphatic heterocycles. The number of carbonyl (C=O) groups is 1. The molecule has 5 nitrogen and oxygen atoms in total. The Morgan fingerprint density at radius 1 is 1.26 bits per heavy atom. The molecule has 0 aromatic heterocycles. The van der Waals surface area contributed by atoms with E-state index in [2.05, 4.69) is 5.32 Å². The predicted octanol–water partition coefficient (Wildman–Crippen LogP) is 2.16. The van der Waals surface area contributed by atoms with E-state index in [1.54, 1.807) is 12.1 Å². The lowest BCUT2D eigenvalue weighted by Gasteiger charge is -2.38. The van der Waals surface area contributed by atoms with Gasteiger partial charge in [-0.1, -0.05) is 12.1 Å². The van der Waals surface area contributed by atoms with Gasteiger partial charge in [0, 0.05) is 12.6 Å². The highest BCUT2D eigenvalue weighted by Crippen LogP contribution is 2.38. The van der Waals surface area contributed by atoms with Crippen LogP contribution in [0.1, 0.15) is 37.2 Å². The van der Waals surface area contributed by atoms with E-state index in [4.69, 9.17) is 0 Å². The maximum Gasteiger partial charge on any atom is 0.407 e. The average Bonchev–Trinajstić information content (AvgIpc) is 2.91. The molecular weight excluding hydrogens is 299 g/mol. The number of aliphatic hydroxyl groups excluding tert-OH is 1. The van der Waals surface area contributed by atoms with Crippen molar-refractivity contribution in [3.63, 3.8) is 0 Å². The van der Waals surface area contributed by atoms with E-state index in [0.29, 0.717) is 19.4 Å². The minimum absolute atomic E-state index is 0.0639. The molecular formula is C17H23FN2O3. The summed E-state index contributed by atoms with van der Waals surface area (Å²) in [5.41, 5.74) is 0.958. The molecule has 1 amide bonds. The summed E-state index contributed by atoms with van der Waals surface area (Å²) in [5.74, 6) is -0.224. The number of hydrogen-bond donors (Lipinski definition) is 3. The van der Waals surface area contributed by atoms with Gasteiger partial charge < -0.3 is 15.5 Å². The highest BCUT2D eigenvalue weighted by molar-refractivity contribution is 5.66. The van der Waals surface area contributed by atoms with Gasteiger partial charge in [-0.15, -0.1) is 0 Å². The van der Waals surface area contributed by atoms with Crippen molar-refractivity contribution < 1.29 is 19.4 Å². The first-order chi connectivity index (χ1) is 11.1. The Hall–Kier alpha value is -1.66. The topological polar surface area (TPSA) is 72.8 Å². The second-order valence-electron chi connectivity index (χ2n) is 6.54. The summed E-state index contributed by atoms with van der Waals surface area (Å²) in [5, 5.41) is 23.3. The quantitative estimate of drug-likeness (QED) is 0.797. The monoisotopic (exact) mass is 322 g/mol. The molecule has 1 saturated heterocycles. The minimum Gasteiger partial charge on any atom is -0.465 e. The molecule has 3 N–H and O–H groups in total. The molecule has 3 rings (SSSR count). The number of piperidine rings is 1. The van der Waals surface area contributed by atoms with Crippen LogP contribution in [0.3, 0.4) is 0 Å². The molecule has 1 aromatic rings. The highest BCUT2D eigenvalue weighted by atomic mass is 19.1. The maximum absolute atomic E-state index is 13.1. The van der Waals surface area contributed by atoms with Gasteiger partial charge in [0.15, 0.2) is 0 Å². The molecule has 6 heteroatoms. The molecule has 4 unspecified atom stereocenters. The van der Waals surface area contributed by atoms with E-state index in [-0.39, 0.29) is 17.8 Å². The normalized spacial score (nSPS) is 31.0. The molecule has 0 bridgehead atoms. The van der Waals surface area contributed by atoms with Crippen molar-refractivity contribution >= 4 is 6.09 Å². The van der Waals surface area contributed by atoms with Crippen molar-refractivity contribution in [1.82, 2.24) is 10.2 Å². The van der Waals surface area contributed by atoms with Gasteiger partial charge in [-0.05, 0) is 55.8 Å². The molecule has 1 saturated carbocycles. The molecule has 1 aliphatic carbocycles. The number of amides is 1. The number of hydrogen-bond acceptors (Lipinski definition) is 3. The van der Waals surface area contributed by atoms with E-state index < -0.39 is 18.2 Å². The third kappa shape index (κ3) is 3.48. The lowest BCUT2D eigenvalue weighted by Crippen LogP contribution is -2.54. The molecule has 2 fully saturated rings. The van der Waals surface area contributed by atoms with Crippen LogP contribution in [-0.2, 0) is 0 Å². The summed E-state index contributed by atoms with van der Waals surface area (Å²) in [7, 11) is 0. The summed E-state index contributed by atoms with van der Waals surface area (Å²) in [6.07, 6.45) is 1.21. The van der Waals surface area contributed by atoms with Gasteiger partial charge >= 0.3 is 6.09 Å². The third-order valence-electron chi connectivity index (χ3n) is 5.08. The Morgan fingerprint density at radius 3 is 2.61 bits per heavy atom. The zero-order valence-corrected chi connectivity index (χ0v) is 13.0. The molecule has 4 atom stereocenters. The van der Waals surface area contributed by atoms with E-state index >= 15 is 0 Å². The summed E-state index contributed by atoms with van der Waals surface area (Å²) in [6, 6.07) is 5.79. The molecule has 126 valence electrons. The SMILES string of the molecule is O=C(O)N(C1CCCNC1)C1CC(c2ccc(F)cc2)CC1O. The first kappa shape index (κ1) is 16.2. The van der Waals surface area contributed by atoms with Crippen molar-refractivity contribution in [3.8, 4) is 0 Å². The largest absolute Gasteiger partial charge is 0.465 e. The standard InChI is InChI=1S/C17H23FN2O3/c18-13-5-3-11(4-6-13)12-8-15(16(21)9-12)20(17(22)23)14-2-1-7-19-10-14/h3-6,12,14-16,19,21H,1-2,7-10H2,(H,22,23). The molecule has 0 spiro atoms. The average molecular weight is 322 g/mol. The Morgan fingerprint density at radius 2 is 2.00 bits per heavy atom. The second-order valence-corrected chi connectivity index (χ2v) is 6.54. The smallest absolute Gasteiger partial charge is 0.407 e. The van der Waals surface area contributed by atoms with E-state index in [0.717, 1.165) is 24.9 Å². The number of rotatable bonds is 3. The lowest BCUT2D eigenvalue weighted by molar-refractivity contribution is 0.0373. The molecule has 0 radical (unpaired) electrons. The van der Waals surface area contributed by atoms with Crippen LogP contribution in [0.2, 0.25) is 0 Å². The van der Waals surface area contributed by atoms with Gasteiger partial charge in [-0.2, -0.15) is 0 Å². The van der Waals surface area contributed by atoms with Crippen LogP contribution in [-0.4, -0.2) is 52.5 Å². The lowest BCUT2D eigenvalue weighted by atomic mass is 9.97. The van der Waals surface area contributed by atoms with Crippen molar-refractivity contribution in [2.75, 3.05) is 13.1 Å². The van der Waals surface area contributed by atoms with Gasteiger partial charge in [-0.3, -0.25) is 4.90 Å². The summed E-state index contributed by atoms with van der Waals surface area (Å²) in [6.45, 7) is 1.55. The summed E-state index contributed by atoms with van der Waals surface area (Å²) < 4.78 is 13.1. The van der Waals surface area contributed by atoms with Crippen LogP contribution >= 0.6 is 0 Å². The van der Waals surface area contributed by atoms with Gasteiger partial charge in [0.05, 0.1) is 12.1 Å². The summed E-state index contributed by atoms with van der Waals surface area (Å²) in [4.78, 5) is 13.2. The van der Waals surface area contributed by atoms with Crippen LogP contribution in [0, 0.1) is 5.82 Å². The first-order valence-electron chi connectivity index (χ1n) is 8.21. The van der Waals surface area contributed by atoms with E-state index in [1.165, 1.54) is 17.0 Å². The van der Waals surface area contributed by atoms with Gasteiger partial charge in [-0.25, -0.2) is 9.18 Å². The predicted molar refractivity (Wildman–Crippen MR) is 83.9 cm³/mol. The Balaban J connectivity index is 1.75. The zero-order chi connectivity index (χ0) is 16.4. The second kappa shape index (κ2) is 6.84. The van der Waals surface area contributed by atoms with Crippen LogP contribution in [0.15, 0.2) is 24.3 Å². The van der Waals surface area contributed by atoms with Crippen molar-refractivity contribution in [2.24, 2.45) is 0 Å². The number of carboxylic acid groups (broad SMARTS) is 1. The van der Waals surface area contributed by atoms with Crippen LogP contribution in [0.5, 0.6) is 0 Å².